The van der Waals surface area contributed by atoms with Gasteiger partial charge in [-0.15, -0.1) is 21.5 Å². The van der Waals surface area contributed by atoms with Crippen LogP contribution in [0, 0.1) is 0 Å². The lowest BCUT2D eigenvalue weighted by Crippen LogP contribution is -1.97. The third kappa shape index (κ3) is 2.47. The van der Waals surface area contributed by atoms with E-state index in [4.69, 9.17) is 0 Å². The summed E-state index contributed by atoms with van der Waals surface area (Å²) in [4.78, 5) is 10.3. The number of thiazole rings is 1. The average Bonchev–Trinajstić information content (AvgIpc) is 3.34. The Morgan fingerprint density at radius 3 is 2.88 bits per heavy atom. The van der Waals surface area contributed by atoms with Gasteiger partial charge in [0.15, 0.2) is 0 Å². The molecule has 0 saturated heterocycles. The molecule has 5 aromatic rings. The van der Waals surface area contributed by atoms with Crippen LogP contribution in [0.4, 0.5) is 0 Å². The van der Waals surface area contributed by atoms with Gasteiger partial charge in [-0.25, -0.2) is 9.97 Å². The molecule has 0 radical (unpaired) electrons. The van der Waals surface area contributed by atoms with Crippen molar-refractivity contribution in [2.45, 2.75) is 6.54 Å². The number of nitrogens with zero attached hydrogens (tertiary/aromatic N) is 7. The van der Waals surface area contributed by atoms with Crippen molar-refractivity contribution in [3.63, 3.8) is 0 Å². The van der Waals surface area contributed by atoms with E-state index >= 15 is 0 Å². The number of tetrazole rings is 1. The highest BCUT2D eigenvalue weighted by Crippen LogP contribution is 2.23. The Morgan fingerprint density at radius 2 is 2.00 bits per heavy atom. The number of aryl methyl sites for hydroxylation is 1. The number of hydrogen-bond donors (Lipinski definition) is 0. The van der Waals surface area contributed by atoms with E-state index < -0.39 is 0 Å². The number of hydrogen-bond acceptors (Lipinski definition) is 6. The Kier molecular flexibility index (Phi) is 3.10. The number of imidazole rings is 1. The molecule has 0 aliphatic heterocycles. The first-order valence-electron chi connectivity index (χ1n) is 7.78. The number of fused-ring (bicyclic) bond motifs is 2. The summed E-state index contributed by atoms with van der Waals surface area (Å²) in [7, 11) is 1.75. The second-order valence-electron chi connectivity index (χ2n) is 5.83. The molecule has 8 heteroatoms. The molecule has 25 heavy (non-hydrogen) atoms. The van der Waals surface area contributed by atoms with Gasteiger partial charge in [-0.1, -0.05) is 6.07 Å². The summed E-state index contributed by atoms with van der Waals surface area (Å²) in [6, 6.07) is 12.4. The van der Waals surface area contributed by atoms with E-state index in [0.717, 1.165) is 28.7 Å². The van der Waals surface area contributed by atoms with Crippen LogP contribution in [0.2, 0.25) is 0 Å². The van der Waals surface area contributed by atoms with Crippen LogP contribution < -0.4 is 0 Å². The minimum absolute atomic E-state index is 0.606. The molecule has 122 valence electrons. The van der Waals surface area contributed by atoms with Gasteiger partial charge in [0.25, 0.3) is 0 Å². The van der Waals surface area contributed by atoms with Crippen molar-refractivity contribution >= 4 is 32.6 Å². The topological polar surface area (TPSA) is 74.3 Å². The average molecular weight is 347 g/mol. The van der Waals surface area contributed by atoms with Crippen LogP contribution in [-0.4, -0.2) is 34.7 Å². The molecule has 2 aromatic carbocycles. The van der Waals surface area contributed by atoms with Crippen molar-refractivity contribution in [3.05, 3.63) is 53.8 Å². The Labute approximate surface area is 146 Å². The van der Waals surface area contributed by atoms with E-state index in [2.05, 4.69) is 54.2 Å². The summed E-state index contributed by atoms with van der Waals surface area (Å²) in [6.07, 6.45) is 1.87. The van der Waals surface area contributed by atoms with Crippen molar-refractivity contribution in [2.75, 3.05) is 0 Å². The van der Waals surface area contributed by atoms with Crippen molar-refractivity contribution in [1.29, 1.82) is 0 Å². The highest BCUT2D eigenvalue weighted by Gasteiger charge is 2.09. The van der Waals surface area contributed by atoms with Gasteiger partial charge >= 0.3 is 0 Å². The minimum Gasteiger partial charge on any atom is -0.326 e. The maximum atomic E-state index is 4.53. The fraction of sp³-hybridized carbons (Fsp3) is 0.118. The fourth-order valence-corrected chi connectivity index (χ4v) is 3.66. The molecule has 0 bridgehead atoms. The van der Waals surface area contributed by atoms with Crippen molar-refractivity contribution in [3.8, 4) is 11.4 Å². The van der Waals surface area contributed by atoms with Gasteiger partial charge in [-0.2, -0.15) is 4.80 Å². The Bertz CT molecular complexity index is 1200. The standard InChI is InChI=1S/C17H13N7S/c1-23-21-17(20-22-23)12-3-5-15-14(7-12)18-9-24(15)8-11-2-4-13-16(6-11)25-10-19-13/h2-7,9-10H,8H2,1H3. The van der Waals surface area contributed by atoms with Gasteiger partial charge in [0.1, 0.15) is 0 Å². The summed E-state index contributed by atoms with van der Waals surface area (Å²) in [5.41, 5.74) is 7.07. The van der Waals surface area contributed by atoms with E-state index in [-0.39, 0.29) is 0 Å². The second kappa shape index (κ2) is 5.45. The van der Waals surface area contributed by atoms with Crippen molar-refractivity contribution in [2.24, 2.45) is 7.05 Å². The molecule has 3 aromatic heterocycles. The van der Waals surface area contributed by atoms with Gasteiger partial charge in [-0.3, -0.25) is 0 Å². The van der Waals surface area contributed by atoms with E-state index in [1.165, 1.54) is 15.1 Å². The van der Waals surface area contributed by atoms with E-state index in [0.29, 0.717) is 5.82 Å². The molecular formula is C17H13N7S. The highest BCUT2D eigenvalue weighted by atomic mass is 32.1. The predicted molar refractivity (Wildman–Crippen MR) is 96.2 cm³/mol. The van der Waals surface area contributed by atoms with Gasteiger partial charge in [-0.05, 0) is 41.1 Å². The molecule has 0 N–H and O–H groups in total. The number of rotatable bonds is 3. The Morgan fingerprint density at radius 1 is 1.04 bits per heavy atom. The third-order valence-corrected chi connectivity index (χ3v) is 4.93. The lowest BCUT2D eigenvalue weighted by Gasteiger charge is -2.05. The summed E-state index contributed by atoms with van der Waals surface area (Å²) >= 11 is 1.66. The molecule has 0 atom stereocenters. The quantitative estimate of drug-likeness (QED) is 0.502. The third-order valence-electron chi connectivity index (χ3n) is 4.14. The molecule has 0 fully saturated rings. The van der Waals surface area contributed by atoms with E-state index in [9.17, 15) is 0 Å². The van der Waals surface area contributed by atoms with Gasteiger partial charge in [0.2, 0.25) is 5.82 Å². The maximum Gasteiger partial charge on any atom is 0.204 e. The molecular weight excluding hydrogens is 334 g/mol. The minimum atomic E-state index is 0.606. The maximum absolute atomic E-state index is 4.53. The lowest BCUT2D eigenvalue weighted by molar-refractivity contribution is 0.630. The first-order valence-corrected chi connectivity index (χ1v) is 8.66. The van der Waals surface area contributed by atoms with Crippen LogP contribution in [-0.2, 0) is 13.6 Å². The molecule has 0 unspecified atom stereocenters. The summed E-state index contributed by atoms with van der Waals surface area (Å²) in [6.45, 7) is 0.771. The van der Waals surface area contributed by atoms with Crippen LogP contribution in [0.1, 0.15) is 5.56 Å². The van der Waals surface area contributed by atoms with Crippen LogP contribution in [0.5, 0.6) is 0 Å². The number of aromatic nitrogens is 7. The molecule has 7 nitrogen and oxygen atoms in total. The normalized spacial score (nSPS) is 11.6. The zero-order valence-electron chi connectivity index (χ0n) is 13.4. The van der Waals surface area contributed by atoms with Crippen LogP contribution >= 0.6 is 11.3 Å². The monoisotopic (exact) mass is 347 g/mol. The fourth-order valence-electron chi connectivity index (χ4n) is 2.92. The lowest BCUT2D eigenvalue weighted by atomic mass is 10.2. The number of benzene rings is 2. The second-order valence-corrected chi connectivity index (χ2v) is 6.72. The molecule has 5 rings (SSSR count). The van der Waals surface area contributed by atoms with Crippen molar-refractivity contribution < 1.29 is 0 Å². The molecule has 3 heterocycles. The Balaban J connectivity index is 1.51. The van der Waals surface area contributed by atoms with Crippen LogP contribution in [0.3, 0.4) is 0 Å². The van der Waals surface area contributed by atoms with Gasteiger partial charge in [0, 0.05) is 12.1 Å². The van der Waals surface area contributed by atoms with Crippen molar-refractivity contribution in [1.82, 2.24) is 34.7 Å². The summed E-state index contributed by atoms with van der Waals surface area (Å²) < 4.78 is 3.35. The van der Waals surface area contributed by atoms with Crippen LogP contribution in [0.25, 0.3) is 32.6 Å². The van der Waals surface area contributed by atoms with Crippen LogP contribution in [0.15, 0.2) is 48.2 Å². The highest BCUT2D eigenvalue weighted by molar-refractivity contribution is 7.16. The molecule has 0 aliphatic carbocycles. The van der Waals surface area contributed by atoms with E-state index in [1.807, 2.05) is 24.0 Å². The SMILES string of the molecule is Cn1nnc(-c2ccc3c(c2)ncn3Cc2ccc3ncsc3c2)n1. The molecule has 0 aliphatic rings. The Hall–Kier alpha value is -3.13. The van der Waals surface area contributed by atoms with Gasteiger partial charge < -0.3 is 4.57 Å². The smallest absolute Gasteiger partial charge is 0.204 e. The molecule has 0 saturated carbocycles. The summed E-state index contributed by atoms with van der Waals surface area (Å²) in [5, 5.41) is 12.2. The molecule has 0 spiro atoms. The first kappa shape index (κ1) is 14.2. The van der Waals surface area contributed by atoms with Gasteiger partial charge in [0.05, 0.1) is 40.1 Å². The largest absolute Gasteiger partial charge is 0.326 e. The zero-order chi connectivity index (χ0) is 16.8. The predicted octanol–water partition coefficient (Wildman–Crippen LogP) is 2.88. The molecule has 0 amide bonds. The van der Waals surface area contributed by atoms with E-state index in [1.54, 1.807) is 18.4 Å². The first-order chi connectivity index (χ1) is 12.3. The zero-order valence-corrected chi connectivity index (χ0v) is 14.2. The summed E-state index contributed by atoms with van der Waals surface area (Å²) in [5.74, 6) is 0.606.